The van der Waals surface area contributed by atoms with Gasteiger partial charge >= 0.3 is 0 Å². The van der Waals surface area contributed by atoms with Crippen LogP contribution >= 0.6 is 0 Å². The summed E-state index contributed by atoms with van der Waals surface area (Å²) in [7, 11) is 1.92. The predicted octanol–water partition coefficient (Wildman–Crippen LogP) is 1.79. The SMILES string of the molecule is Cc1nn(C)c(C)c1-c1nc2ncnc(NCCCN3CCCC3=O)c2[nH]1. The number of H-pyrrole nitrogens is 1. The highest BCUT2D eigenvalue weighted by Crippen LogP contribution is 2.27. The number of likely N-dealkylation sites (tertiary alicyclic amines) is 1. The van der Waals surface area contributed by atoms with Crippen LogP contribution in [0.1, 0.15) is 30.7 Å². The molecule has 0 atom stereocenters. The molecular formula is C18H24N8O. The summed E-state index contributed by atoms with van der Waals surface area (Å²) < 4.78 is 1.85. The summed E-state index contributed by atoms with van der Waals surface area (Å²) in [5.41, 5.74) is 4.37. The molecule has 3 aromatic heterocycles. The van der Waals surface area contributed by atoms with Gasteiger partial charge in [-0.15, -0.1) is 0 Å². The maximum absolute atomic E-state index is 11.7. The summed E-state index contributed by atoms with van der Waals surface area (Å²) in [4.78, 5) is 30.2. The molecule has 1 aliphatic rings. The third-order valence-corrected chi connectivity index (χ3v) is 5.10. The fraction of sp³-hybridized carbons (Fsp3) is 0.500. The lowest BCUT2D eigenvalue weighted by atomic mass is 10.2. The van der Waals surface area contributed by atoms with Crippen LogP contribution in [0.3, 0.4) is 0 Å². The molecule has 9 heteroatoms. The monoisotopic (exact) mass is 368 g/mol. The Balaban J connectivity index is 1.50. The number of carbonyl (C=O) groups excluding carboxylic acids is 1. The zero-order chi connectivity index (χ0) is 19.0. The minimum atomic E-state index is 0.264. The van der Waals surface area contributed by atoms with E-state index >= 15 is 0 Å². The molecule has 0 spiro atoms. The fourth-order valence-corrected chi connectivity index (χ4v) is 3.61. The predicted molar refractivity (Wildman–Crippen MR) is 102 cm³/mol. The first kappa shape index (κ1) is 17.4. The lowest BCUT2D eigenvalue weighted by Gasteiger charge is -2.15. The summed E-state index contributed by atoms with van der Waals surface area (Å²) in [5.74, 6) is 1.74. The number of rotatable bonds is 6. The number of carbonyl (C=O) groups is 1. The van der Waals surface area contributed by atoms with Gasteiger partial charge < -0.3 is 15.2 Å². The van der Waals surface area contributed by atoms with Crippen molar-refractivity contribution in [2.45, 2.75) is 33.1 Å². The number of aryl methyl sites for hydroxylation is 2. The second-order valence-corrected chi connectivity index (χ2v) is 6.94. The van der Waals surface area contributed by atoms with Gasteiger partial charge in [0.2, 0.25) is 5.91 Å². The molecule has 0 bridgehead atoms. The number of nitrogens with one attached hydrogen (secondary N) is 2. The van der Waals surface area contributed by atoms with E-state index in [9.17, 15) is 4.79 Å². The third-order valence-electron chi connectivity index (χ3n) is 5.10. The number of aromatic amines is 1. The summed E-state index contributed by atoms with van der Waals surface area (Å²) in [6, 6.07) is 0. The van der Waals surface area contributed by atoms with Crippen molar-refractivity contribution < 1.29 is 4.79 Å². The number of anilines is 1. The Hall–Kier alpha value is -2.97. The van der Waals surface area contributed by atoms with Crippen LogP contribution in [0.25, 0.3) is 22.6 Å². The van der Waals surface area contributed by atoms with Crippen molar-refractivity contribution in [2.24, 2.45) is 7.05 Å². The van der Waals surface area contributed by atoms with E-state index < -0.39 is 0 Å². The number of imidazole rings is 1. The molecule has 4 heterocycles. The normalized spacial score (nSPS) is 14.5. The second-order valence-electron chi connectivity index (χ2n) is 6.94. The number of aromatic nitrogens is 6. The first-order chi connectivity index (χ1) is 13.0. The molecule has 1 fully saturated rings. The molecule has 9 nitrogen and oxygen atoms in total. The molecule has 0 saturated carbocycles. The largest absolute Gasteiger partial charge is 0.368 e. The van der Waals surface area contributed by atoms with E-state index in [0.29, 0.717) is 12.1 Å². The van der Waals surface area contributed by atoms with Crippen LogP contribution in [0.4, 0.5) is 5.82 Å². The number of nitrogens with zero attached hydrogens (tertiary/aromatic N) is 6. The quantitative estimate of drug-likeness (QED) is 0.643. The molecule has 142 valence electrons. The lowest BCUT2D eigenvalue weighted by Crippen LogP contribution is -2.27. The van der Waals surface area contributed by atoms with Gasteiger partial charge in [0.1, 0.15) is 17.7 Å². The first-order valence-electron chi connectivity index (χ1n) is 9.27. The highest BCUT2D eigenvalue weighted by molar-refractivity contribution is 5.86. The van der Waals surface area contributed by atoms with Crippen molar-refractivity contribution in [3.8, 4) is 11.4 Å². The molecule has 1 saturated heterocycles. The Morgan fingerprint density at radius 2 is 2.15 bits per heavy atom. The first-order valence-corrected chi connectivity index (χ1v) is 9.27. The van der Waals surface area contributed by atoms with Crippen LogP contribution in [0, 0.1) is 13.8 Å². The van der Waals surface area contributed by atoms with Crippen LogP contribution in [-0.2, 0) is 11.8 Å². The lowest BCUT2D eigenvalue weighted by molar-refractivity contribution is -0.127. The van der Waals surface area contributed by atoms with Crippen molar-refractivity contribution in [1.29, 1.82) is 0 Å². The molecule has 1 aliphatic heterocycles. The molecular weight excluding hydrogens is 344 g/mol. The van der Waals surface area contributed by atoms with Gasteiger partial charge in [-0.3, -0.25) is 9.48 Å². The molecule has 1 amide bonds. The van der Waals surface area contributed by atoms with Gasteiger partial charge in [-0.25, -0.2) is 15.0 Å². The van der Waals surface area contributed by atoms with Crippen LogP contribution in [-0.4, -0.2) is 60.2 Å². The average Bonchev–Trinajstić information content (AvgIpc) is 3.30. The number of amides is 1. The summed E-state index contributed by atoms with van der Waals surface area (Å²) in [6.45, 7) is 6.38. The third kappa shape index (κ3) is 3.24. The van der Waals surface area contributed by atoms with Gasteiger partial charge in [0.05, 0.1) is 11.3 Å². The van der Waals surface area contributed by atoms with Gasteiger partial charge in [0.15, 0.2) is 11.5 Å². The molecule has 0 aromatic carbocycles. The van der Waals surface area contributed by atoms with Crippen LogP contribution < -0.4 is 5.32 Å². The second kappa shape index (κ2) is 6.98. The molecule has 0 unspecified atom stereocenters. The van der Waals surface area contributed by atoms with Crippen molar-refractivity contribution in [3.05, 3.63) is 17.7 Å². The molecule has 4 rings (SSSR count). The summed E-state index contributed by atoms with van der Waals surface area (Å²) in [6.07, 6.45) is 4.05. The molecule has 27 heavy (non-hydrogen) atoms. The zero-order valence-corrected chi connectivity index (χ0v) is 15.9. The summed E-state index contributed by atoms with van der Waals surface area (Å²) >= 11 is 0. The van der Waals surface area contributed by atoms with Gasteiger partial charge in [-0.2, -0.15) is 5.10 Å². The van der Waals surface area contributed by atoms with Crippen molar-refractivity contribution >= 4 is 22.9 Å². The Kier molecular flexibility index (Phi) is 4.51. The van der Waals surface area contributed by atoms with Gasteiger partial charge in [-0.05, 0) is 26.7 Å². The van der Waals surface area contributed by atoms with E-state index in [-0.39, 0.29) is 5.91 Å². The smallest absolute Gasteiger partial charge is 0.222 e. The van der Waals surface area contributed by atoms with E-state index in [4.69, 9.17) is 0 Å². The summed E-state index contributed by atoms with van der Waals surface area (Å²) in [5, 5.41) is 7.80. The van der Waals surface area contributed by atoms with Crippen molar-refractivity contribution in [3.63, 3.8) is 0 Å². The fourth-order valence-electron chi connectivity index (χ4n) is 3.61. The van der Waals surface area contributed by atoms with Crippen molar-refractivity contribution in [2.75, 3.05) is 25.0 Å². The van der Waals surface area contributed by atoms with Crippen LogP contribution in [0.5, 0.6) is 0 Å². The zero-order valence-electron chi connectivity index (χ0n) is 15.9. The number of fused-ring (bicyclic) bond motifs is 1. The highest BCUT2D eigenvalue weighted by Gasteiger charge is 2.20. The van der Waals surface area contributed by atoms with Crippen LogP contribution in [0.2, 0.25) is 0 Å². The minimum absolute atomic E-state index is 0.264. The standard InChI is InChI=1S/C18H24N8O/c1-11-14(12(2)25(3)24-11)16-22-15-17(20-10-21-18(15)23-16)19-7-5-9-26-8-4-6-13(26)27/h10H,4-9H2,1-3H3,(H2,19,20,21,22,23). The average molecular weight is 368 g/mol. The molecule has 2 N–H and O–H groups in total. The van der Waals surface area contributed by atoms with Crippen molar-refractivity contribution in [1.82, 2.24) is 34.6 Å². The Morgan fingerprint density at radius 3 is 2.85 bits per heavy atom. The maximum Gasteiger partial charge on any atom is 0.222 e. The van der Waals surface area contributed by atoms with E-state index in [1.165, 1.54) is 6.33 Å². The maximum atomic E-state index is 11.7. The Labute approximate surface area is 157 Å². The Morgan fingerprint density at radius 1 is 1.30 bits per heavy atom. The van der Waals surface area contributed by atoms with E-state index in [2.05, 4.69) is 30.4 Å². The van der Waals surface area contributed by atoms with E-state index in [1.54, 1.807) is 0 Å². The minimum Gasteiger partial charge on any atom is -0.368 e. The molecule has 3 aromatic rings. The van der Waals surface area contributed by atoms with Gasteiger partial charge in [0, 0.05) is 38.8 Å². The topological polar surface area (TPSA) is 105 Å². The number of hydrogen-bond acceptors (Lipinski definition) is 6. The highest BCUT2D eigenvalue weighted by atomic mass is 16.2. The number of hydrogen-bond donors (Lipinski definition) is 2. The molecule has 0 aliphatic carbocycles. The van der Waals surface area contributed by atoms with E-state index in [0.717, 1.165) is 66.6 Å². The molecule has 0 radical (unpaired) electrons. The van der Waals surface area contributed by atoms with Gasteiger partial charge in [0.25, 0.3) is 0 Å². The Bertz CT molecular complexity index is 989. The van der Waals surface area contributed by atoms with E-state index in [1.807, 2.05) is 30.5 Å². The van der Waals surface area contributed by atoms with Crippen LogP contribution in [0.15, 0.2) is 6.33 Å². The van der Waals surface area contributed by atoms with Gasteiger partial charge in [-0.1, -0.05) is 0 Å².